The number of nitrogens with one attached hydrogen (secondary N) is 1. The van der Waals surface area contributed by atoms with E-state index < -0.39 is 5.97 Å². The lowest BCUT2D eigenvalue weighted by molar-refractivity contribution is -0.115. The van der Waals surface area contributed by atoms with Crippen molar-refractivity contribution in [1.82, 2.24) is 0 Å². The Hall–Kier alpha value is -3.60. The number of amides is 1. The van der Waals surface area contributed by atoms with Gasteiger partial charge in [0.15, 0.2) is 0 Å². The van der Waals surface area contributed by atoms with Gasteiger partial charge in [-0.1, -0.05) is 60.7 Å². The van der Waals surface area contributed by atoms with Crippen LogP contribution in [-0.4, -0.2) is 25.1 Å². The minimum absolute atomic E-state index is 0.111. The molecule has 28 heavy (non-hydrogen) atoms. The number of carbonyl (C=O) groups excluding carboxylic acids is 2. The van der Waals surface area contributed by atoms with Crippen LogP contribution < -0.4 is 10.1 Å². The van der Waals surface area contributed by atoms with Crippen LogP contribution in [0.5, 0.6) is 5.75 Å². The monoisotopic (exact) mass is 375 g/mol. The average molecular weight is 375 g/mol. The van der Waals surface area contributed by atoms with Gasteiger partial charge in [0.25, 0.3) is 0 Å². The number of para-hydroxylation sites is 2. The Morgan fingerprint density at radius 2 is 1.39 bits per heavy atom. The van der Waals surface area contributed by atoms with E-state index in [-0.39, 0.29) is 25.5 Å². The first-order valence-corrected chi connectivity index (χ1v) is 9.00. The van der Waals surface area contributed by atoms with Gasteiger partial charge in [-0.05, 0) is 29.8 Å². The lowest BCUT2D eigenvalue weighted by Gasteiger charge is -2.11. The first kappa shape index (κ1) is 19.2. The molecule has 5 nitrogen and oxygen atoms in total. The normalized spacial score (nSPS) is 10.1. The second-order valence-corrected chi connectivity index (χ2v) is 6.05. The molecule has 0 bridgehead atoms. The van der Waals surface area contributed by atoms with Crippen LogP contribution in [0, 0.1) is 0 Å². The fraction of sp³-hybridized carbons (Fsp3) is 0.130. The fourth-order valence-electron chi connectivity index (χ4n) is 2.63. The van der Waals surface area contributed by atoms with Crippen molar-refractivity contribution in [2.45, 2.75) is 6.42 Å². The van der Waals surface area contributed by atoms with Crippen molar-refractivity contribution in [1.29, 1.82) is 0 Å². The lowest BCUT2D eigenvalue weighted by atomic mass is 10.1. The van der Waals surface area contributed by atoms with E-state index in [1.165, 1.54) is 0 Å². The second-order valence-electron chi connectivity index (χ2n) is 6.05. The van der Waals surface area contributed by atoms with Gasteiger partial charge in [0, 0.05) is 0 Å². The zero-order valence-electron chi connectivity index (χ0n) is 15.3. The van der Waals surface area contributed by atoms with Crippen molar-refractivity contribution in [2.75, 3.05) is 18.5 Å². The number of hydrogen-bond donors (Lipinski definition) is 1. The maximum Gasteiger partial charge on any atom is 0.340 e. The summed E-state index contributed by atoms with van der Waals surface area (Å²) in [6.07, 6.45) is 0.231. The summed E-state index contributed by atoms with van der Waals surface area (Å²) in [5.41, 5.74) is 1.64. The van der Waals surface area contributed by atoms with Crippen molar-refractivity contribution >= 4 is 17.6 Å². The van der Waals surface area contributed by atoms with Gasteiger partial charge in [-0.15, -0.1) is 0 Å². The third kappa shape index (κ3) is 5.71. The molecule has 0 aliphatic heterocycles. The molecule has 142 valence electrons. The maximum atomic E-state index is 12.4. The van der Waals surface area contributed by atoms with Crippen LogP contribution >= 0.6 is 0 Å². The fourth-order valence-corrected chi connectivity index (χ4v) is 2.63. The number of hydrogen-bond acceptors (Lipinski definition) is 4. The first-order valence-electron chi connectivity index (χ1n) is 9.00. The van der Waals surface area contributed by atoms with Gasteiger partial charge >= 0.3 is 5.97 Å². The summed E-state index contributed by atoms with van der Waals surface area (Å²) in [6, 6.07) is 25.5. The van der Waals surface area contributed by atoms with Crippen molar-refractivity contribution < 1.29 is 19.1 Å². The summed E-state index contributed by atoms with van der Waals surface area (Å²) in [4.78, 5) is 24.7. The number of anilines is 1. The highest BCUT2D eigenvalue weighted by molar-refractivity contribution is 6.01. The van der Waals surface area contributed by atoms with Crippen LogP contribution in [0.15, 0.2) is 84.9 Å². The minimum atomic E-state index is -0.507. The van der Waals surface area contributed by atoms with Crippen molar-refractivity contribution in [2.24, 2.45) is 0 Å². The molecule has 3 aromatic carbocycles. The molecule has 0 atom stereocenters. The number of esters is 1. The number of ether oxygens (including phenoxy) is 2. The second kappa shape index (κ2) is 9.92. The zero-order valence-corrected chi connectivity index (χ0v) is 15.3. The summed E-state index contributed by atoms with van der Waals surface area (Å²) in [5.74, 6) is 0.0123. The smallest absolute Gasteiger partial charge is 0.340 e. The van der Waals surface area contributed by atoms with Crippen LogP contribution in [0.2, 0.25) is 0 Å². The quantitative estimate of drug-likeness (QED) is 0.475. The molecule has 3 aromatic rings. The molecule has 0 heterocycles. The third-order valence-corrected chi connectivity index (χ3v) is 3.96. The molecule has 0 saturated heterocycles. The van der Waals surface area contributed by atoms with Crippen LogP contribution in [-0.2, 0) is 16.0 Å². The van der Waals surface area contributed by atoms with E-state index in [1.54, 1.807) is 24.3 Å². The van der Waals surface area contributed by atoms with E-state index in [0.717, 1.165) is 5.56 Å². The largest absolute Gasteiger partial charge is 0.490 e. The highest BCUT2D eigenvalue weighted by atomic mass is 16.6. The summed E-state index contributed by atoms with van der Waals surface area (Å²) in [5, 5.41) is 2.79. The molecule has 0 aromatic heterocycles. The van der Waals surface area contributed by atoms with Gasteiger partial charge in [-0.3, -0.25) is 4.79 Å². The van der Waals surface area contributed by atoms with Crippen LogP contribution in [0.4, 0.5) is 5.69 Å². The molecule has 0 aliphatic carbocycles. The van der Waals surface area contributed by atoms with Crippen molar-refractivity contribution in [3.8, 4) is 5.75 Å². The average Bonchev–Trinajstić information content (AvgIpc) is 2.73. The van der Waals surface area contributed by atoms with Crippen molar-refractivity contribution in [3.63, 3.8) is 0 Å². The van der Waals surface area contributed by atoms with Gasteiger partial charge in [-0.2, -0.15) is 0 Å². The molecule has 1 N–H and O–H groups in total. The molecular weight excluding hydrogens is 354 g/mol. The van der Waals surface area contributed by atoms with E-state index in [0.29, 0.717) is 17.0 Å². The predicted molar refractivity (Wildman–Crippen MR) is 107 cm³/mol. The maximum absolute atomic E-state index is 12.4. The SMILES string of the molecule is O=C(Cc1ccccc1)Nc1ccccc1C(=O)OCCOc1ccccc1. The van der Waals surface area contributed by atoms with Crippen LogP contribution in [0.25, 0.3) is 0 Å². The molecule has 0 spiro atoms. The third-order valence-electron chi connectivity index (χ3n) is 3.96. The van der Waals surface area contributed by atoms with Crippen LogP contribution in [0.1, 0.15) is 15.9 Å². The topological polar surface area (TPSA) is 64.6 Å². The van der Waals surface area contributed by atoms with Gasteiger partial charge in [-0.25, -0.2) is 4.79 Å². The molecule has 0 radical (unpaired) electrons. The van der Waals surface area contributed by atoms with Gasteiger partial charge < -0.3 is 14.8 Å². The standard InChI is InChI=1S/C23H21NO4/c25-22(17-18-9-3-1-4-10-18)24-21-14-8-7-13-20(21)23(26)28-16-15-27-19-11-5-2-6-12-19/h1-14H,15-17H2,(H,24,25). The highest BCUT2D eigenvalue weighted by Crippen LogP contribution is 2.17. The Bertz CT molecular complexity index is 910. The van der Waals surface area contributed by atoms with E-state index in [4.69, 9.17) is 9.47 Å². The molecule has 0 aliphatic rings. The van der Waals surface area contributed by atoms with Gasteiger partial charge in [0.05, 0.1) is 17.7 Å². The molecule has 3 rings (SSSR count). The van der Waals surface area contributed by atoms with Crippen molar-refractivity contribution in [3.05, 3.63) is 96.1 Å². The van der Waals surface area contributed by atoms with E-state index in [1.807, 2.05) is 60.7 Å². The van der Waals surface area contributed by atoms with E-state index >= 15 is 0 Å². The molecule has 0 fully saturated rings. The van der Waals surface area contributed by atoms with Gasteiger partial charge in [0.1, 0.15) is 19.0 Å². The summed E-state index contributed by atoms with van der Waals surface area (Å²) in [6.45, 7) is 0.359. The van der Waals surface area contributed by atoms with E-state index in [9.17, 15) is 9.59 Å². The molecule has 0 unspecified atom stereocenters. The van der Waals surface area contributed by atoms with E-state index in [2.05, 4.69) is 5.32 Å². The summed E-state index contributed by atoms with van der Waals surface area (Å²) in [7, 11) is 0. The summed E-state index contributed by atoms with van der Waals surface area (Å²) < 4.78 is 10.8. The molecule has 1 amide bonds. The number of rotatable bonds is 8. The number of benzene rings is 3. The Morgan fingerprint density at radius 3 is 2.14 bits per heavy atom. The van der Waals surface area contributed by atoms with Gasteiger partial charge in [0.2, 0.25) is 5.91 Å². The Kier molecular flexibility index (Phi) is 6.79. The minimum Gasteiger partial charge on any atom is -0.490 e. The predicted octanol–water partition coefficient (Wildman–Crippen LogP) is 4.10. The first-order chi connectivity index (χ1) is 13.7. The van der Waals surface area contributed by atoms with Crippen LogP contribution in [0.3, 0.4) is 0 Å². The Balaban J connectivity index is 1.53. The highest BCUT2D eigenvalue weighted by Gasteiger charge is 2.14. The molecular formula is C23H21NO4. The lowest BCUT2D eigenvalue weighted by Crippen LogP contribution is -2.18. The number of carbonyl (C=O) groups is 2. The summed E-state index contributed by atoms with van der Waals surface area (Å²) >= 11 is 0. The molecule has 0 saturated carbocycles. The Morgan fingerprint density at radius 1 is 0.750 bits per heavy atom. The zero-order chi connectivity index (χ0) is 19.6. The molecule has 5 heteroatoms. The Labute approximate surface area is 163 Å².